The summed E-state index contributed by atoms with van der Waals surface area (Å²) in [6.45, 7) is 6.27. The molecule has 5 nitrogen and oxygen atoms in total. The van der Waals surface area contributed by atoms with Crippen molar-refractivity contribution in [3.05, 3.63) is 58.5 Å². The van der Waals surface area contributed by atoms with Crippen molar-refractivity contribution in [3.8, 4) is 5.69 Å². The van der Waals surface area contributed by atoms with Crippen LogP contribution in [0.2, 0.25) is 5.02 Å². The number of hydrogen-bond acceptors (Lipinski definition) is 4. The third-order valence-corrected chi connectivity index (χ3v) is 5.74. The lowest BCUT2D eigenvalue weighted by Crippen LogP contribution is -2.37. The topological polar surface area (TPSA) is 43.7 Å². The third kappa shape index (κ3) is 3.55. The highest BCUT2D eigenvalue weighted by Gasteiger charge is 2.31. The van der Waals surface area contributed by atoms with Crippen molar-refractivity contribution < 1.29 is 18.7 Å². The van der Waals surface area contributed by atoms with E-state index in [2.05, 4.69) is 6.92 Å². The molecular weight excluding hydrogens is 407 g/mol. The molecule has 3 aromatic rings. The first-order valence-electron chi connectivity index (χ1n) is 10.2. The van der Waals surface area contributed by atoms with E-state index in [1.165, 1.54) is 6.07 Å². The van der Waals surface area contributed by atoms with Gasteiger partial charge in [-0.25, -0.2) is 9.18 Å². The number of rotatable bonds is 5. The highest BCUT2D eigenvalue weighted by Crippen LogP contribution is 2.42. The predicted octanol–water partition coefficient (Wildman–Crippen LogP) is 5.00. The summed E-state index contributed by atoms with van der Waals surface area (Å²) in [7, 11) is 0. The number of ether oxygens (including phenoxy) is 2. The number of aryl methyl sites for hydroxylation is 1. The molecule has 0 amide bonds. The first-order valence-corrected chi connectivity index (χ1v) is 10.6. The Kier molecular flexibility index (Phi) is 5.97. The molecule has 1 aliphatic rings. The average molecular weight is 431 g/mol. The van der Waals surface area contributed by atoms with E-state index in [1.54, 1.807) is 13.0 Å². The minimum Gasteiger partial charge on any atom is -0.461 e. The van der Waals surface area contributed by atoms with Gasteiger partial charge < -0.3 is 18.9 Å². The quantitative estimate of drug-likeness (QED) is 0.534. The van der Waals surface area contributed by atoms with E-state index in [4.69, 9.17) is 21.1 Å². The molecule has 1 fully saturated rings. The second-order valence-corrected chi connectivity index (χ2v) is 7.51. The molecule has 1 saturated heterocycles. The summed E-state index contributed by atoms with van der Waals surface area (Å²) in [5, 5.41) is 0.522. The van der Waals surface area contributed by atoms with Crippen LogP contribution in [-0.2, 0) is 15.9 Å². The van der Waals surface area contributed by atoms with Crippen LogP contribution >= 0.6 is 11.6 Å². The third-order valence-electron chi connectivity index (χ3n) is 5.37. The van der Waals surface area contributed by atoms with Gasteiger partial charge in [-0.2, -0.15) is 0 Å². The van der Waals surface area contributed by atoms with Gasteiger partial charge in [0.25, 0.3) is 0 Å². The molecule has 0 aliphatic carbocycles. The van der Waals surface area contributed by atoms with Crippen LogP contribution in [0.15, 0.2) is 36.4 Å². The zero-order valence-corrected chi connectivity index (χ0v) is 17.8. The van der Waals surface area contributed by atoms with E-state index >= 15 is 0 Å². The Balaban J connectivity index is 2.09. The van der Waals surface area contributed by atoms with Gasteiger partial charge in [-0.1, -0.05) is 30.7 Å². The van der Waals surface area contributed by atoms with Crippen LogP contribution in [0, 0.1) is 5.82 Å². The van der Waals surface area contributed by atoms with Crippen LogP contribution in [-0.4, -0.2) is 43.4 Å². The van der Waals surface area contributed by atoms with E-state index in [1.807, 2.05) is 33.7 Å². The van der Waals surface area contributed by atoms with Gasteiger partial charge in [0.2, 0.25) is 0 Å². The number of benzene rings is 2. The molecule has 2 aromatic carbocycles. The molecule has 158 valence electrons. The van der Waals surface area contributed by atoms with Crippen molar-refractivity contribution >= 4 is 34.2 Å². The normalized spacial score (nSPS) is 14.3. The van der Waals surface area contributed by atoms with Crippen molar-refractivity contribution in [2.24, 2.45) is 0 Å². The first-order chi connectivity index (χ1) is 14.6. The Bertz CT molecular complexity index is 1090. The summed E-state index contributed by atoms with van der Waals surface area (Å²) in [5.74, 6) is -0.984. The minimum atomic E-state index is -0.520. The van der Waals surface area contributed by atoms with Crippen LogP contribution in [0.4, 0.5) is 10.1 Å². The summed E-state index contributed by atoms with van der Waals surface area (Å²) < 4.78 is 27.3. The van der Waals surface area contributed by atoms with Gasteiger partial charge in [-0.05, 0) is 43.2 Å². The van der Waals surface area contributed by atoms with Gasteiger partial charge in [0.1, 0.15) is 5.82 Å². The lowest BCUT2D eigenvalue weighted by Gasteiger charge is -2.29. The van der Waals surface area contributed by atoms with Crippen LogP contribution in [0.3, 0.4) is 0 Å². The molecule has 0 unspecified atom stereocenters. The maximum atomic E-state index is 14.5. The number of morpholine rings is 1. The number of nitrogens with zero attached hydrogens (tertiary/aromatic N) is 2. The predicted molar refractivity (Wildman–Crippen MR) is 117 cm³/mol. The van der Waals surface area contributed by atoms with Gasteiger partial charge in [0.15, 0.2) is 5.69 Å². The molecule has 2 heterocycles. The molecule has 4 rings (SSSR count). The molecule has 0 spiro atoms. The second-order valence-electron chi connectivity index (χ2n) is 7.13. The van der Waals surface area contributed by atoms with Crippen LogP contribution in [0.1, 0.15) is 29.9 Å². The van der Waals surface area contributed by atoms with Crippen LogP contribution < -0.4 is 4.90 Å². The second kappa shape index (κ2) is 8.66. The monoisotopic (exact) mass is 430 g/mol. The molecule has 1 aromatic heterocycles. The number of carbonyl (C=O) groups is 1. The number of fused-ring (bicyclic) bond motifs is 1. The highest BCUT2D eigenvalue weighted by atomic mass is 35.5. The van der Waals surface area contributed by atoms with Gasteiger partial charge in [0.05, 0.1) is 36.0 Å². The summed E-state index contributed by atoms with van der Waals surface area (Å²) >= 11 is 6.47. The molecule has 0 N–H and O–H groups in total. The fraction of sp³-hybridized carbons (Fsp3) is 0.348. The Labute approximate surface area is 179 Å². The van der Waals surface area contributed by atoms with E-state index in [0.717, 1.165) is 17.7 Å². The van der Waals surface area contributed by atoms with Gasteiger partial charge in [-0.15, -0.1) is 0 Å². The Morgan fingerprint density at radius 3 is 2.67 bits per heavy atom. The minimum absolute atomic E-state index is 0.00457. The number of aromatic nitrogens is 1. The summed E-state index contributed by atoms with van der Waals surface area (Å²) in [6.07, 6.45) is 0.855. The summed E-state index contributed by atoms with van der Waals surface area (Å²) in [6, 6.07) is 11.0. The van der Waals surface area contributed by atoms with Gasteiger partial charge in [-0.3, -0.25) is 0 Å². The van der Waals surface area contributed by atoms with E-state index in [9.17, 15) is 9.18 Å². The molecule has 1 aliphatic heterocycles. The van der Waals surface area contributed by atoms with Crippen molar-refractivity contribution in [2.45, 2.75) is 20.3 Å². The fourth-order valence-electron chi connectivity index (χ4n) is 3.96. The zero-order valence-electron chi connectivity index (χ0n) is 17.1. The van der Waals surface area contributed by atoms with Crippen LogP contribution in [0.25, 0.3) is 16.6 Å². The van der Waals surface area contributed by atoms with Crippen molar-refractivity contribution in [3.63, 3.8) is 0 Å². The van der Waals surface area contributed by atoms with Crippen LogP contribution in [0.5, 0.6) is 0 Å². The molecule has 0 atom stereocenters. The summed E-state index contributed by atoms with van der Waals surface area (Å²) in [4.78, 5) is 15.2. The first kappa shape index (κ1) is 20.7. The average Bonchev–Trinajstić information content (AvgIpc) is 3.13. The lowest BCUT2D eigenvalue weighted by molar-refractivity contribution is 0.0517. The van der Waals surface area contributed by atoms with Gasteiger partial charge in [0, 0.05) is 24.2 Å². The Morgan fingerprint density at radius 1 is 1.20 bits per heavy atom. The highest BCUT2D eigenvalue weighted by molar-refractivity contribution is 6.37. The molecule has 7 heteroatoms. The number of carbonyl (C=O) groups excluding carboxylic acids is 1. The largest absolute Gasteiger partial charge is 0.461 e. The lowest BCUT2D eigenvalue weighted by atomic mass is 10.1. The maximum Gasteiger partial charge on any atom is 0.357 e. The van der Waals surface area contributed by atoms with Crippen molar-refractivity contribution in [2.75, 3.05) is 37.8 Å². The van der Waals surface area contributed by atoms with E-state index in [0.29, 0.717) is 48.6 Å². The number of esters is 1. The van der Waals surface area contributed by atoms with Crippen molar-refractivity contribution in [1.29, 1.82) is 0 Å². The summed E-state index contributed by atoms with van der Waals surface area (Å²) in [5.41, 5.74) is 3.56. The number of anilines is 1. The fourth-order valence-corrected chi connectivity index (χ4v) is 4.21. The van der Waals surface area contributed by atoms with E-state index < -0.39 is 11.8 Å². The smallest absolute Gasteiger partial charge is 0.357 e. The van der Waals surface area contributed by atoms with E-state index in [-0.39, 0.29) is 11.6 Å². The molecular formula is C23H24ClFN2O3. The standard InChI is InChI=1S/C23H24ClFN2O3/c1-3-15-6-5-7-16(14-15)27-18-9-8-17(25)20(24)19(18)21(22(27)23(28)30-4-2)26-10-12-29-13-11-26/h5-9,14H,3-4,10-13H2,1-2H3. The molecule has 0 saturated carbocycles. The molecule has 0 bridgehead atoms. The maximum absolute atomic E-state index is 14.5. The molecule has 30 heavy (non-hydrogen) atoms. The number of hydrogen-bond donors (Lipinski definition) is 0. The Morgan fingerprint density at radius 2 is 1.97 bits per heavy atom. The zero-order chi connectivity index (χ0) is 21.3. The van der Waals surface area contributed by atoms with Crippen molar-refractivity contribution in [1.82, 2.24) is 4.57 Å². The SMILES string of the molecule is CCOC(=O)c1c(N2CCOCC2)c2c(Cl)c(F)ccc2n1-c1cccc(CC)c1. The Hall–Kier alpha value is -2.57. The molecule has 0 radical (unpaired) electrons. The number of halogens is 2. The van der Waals surface area contributed by atoms with Gasteiger partial charge >= 0.3 is 5.97 Å².